The lowest BCUT2D eigenvalue weighted by Crippen LogP contribution is -2.34. The van der Waals surface area contributed by atoms with Crippen molar-refractivity contribution in [1.82, 2.24) is 4.90 Å². The van der Waals surface area contributed by atoms with Crippen LogP contribution >= 0.6 is 0 Å². The number of carbonyl (C=O) groups excluding carboxylic acids is 1. The zero-order valence-electron chi connectivity index (χ0n) is 15.8. The first-order valence-corrected chi connectivity index (χ1v) is 10.4. The van der Waals surface area contributed by atoms with Crippen LogP contribution in [0.25, 0.3) is 0 Å². The summed E-state index contributed by atoms with van der Waals surface area (Å²) in [4.78, 5) is 13.5. The molecule has 0 unspecified atom stereocenters. The average molecular weight is 388 g/mol. The third kappa shape index (κ3) is 4.24. The van der Waals surface area contributed by atoms with E-state index in [-0.39, 0.29) is 10.8 Å². The molecule has 0 aliphatic carbocycles. The Morgan fingerprint density at radius 1 is 1.19 bits per heavy atom. The number of nitrogens with one attached hydrogen (secondary N) is 1. The van der Waals surface area contributed by atoms with E-state index in [0.717, 1.165) is 23.1 Å². The lowest BCUT2D eigenvalue weighted by molar-refractivity contribution is -0.129. The Labute approximate surface area is 160 Å². The Hall–Kier alpha value is -2.54. The summed E-state index contributed by atoms with van der Waals surface area (Å²) in [5.41, 5.74) is 3.41. The fourth-order valence-electron chi connectivity index (χ4n) is 3.20. The zero-order valence-corrected chi connectivity index (χ0v) is 16.6. The van der Waals surface area contributed by atoms with E-state index in [0.29, 0.717) is 31.1 Å². The van der Waals surface area contributed by atoms with Gasteiger partial charge in [0.2, 0.25) is 5.91 Å². The minimum atomic E-state index is -3.80. The molecule has 0 fully saturated rings. The van der Waals surface area contributed by atoms with Gasteiger partial charge in [-0.15, -0.1) is 0 Å². The molecule has 0 saturated carbocycles. The summed E-state index contributed by atoms with van der Waals surface area (Å²) < 4.78 is 34.0. The van der Waals surface area contributed by atoms with Gasteiger partial charge in [-0.2, -0.15) is 0 Å². The molecule has 0 aromatic heterocycles. The molecule has 6 nitrogen and oxygen atoms in total. The second-order valence-corrected chi connectivity index (χ2v) is 8.31. The lowest BCUT2D eigenvalue weighted by atomic mass is 9.99. The fraction of sp³-hybridized carbons (Fsp3) is 0.350. The summed E-state index contributed by atoms with van der Waals surface area (Å²) in [6.07, 6.45) is 0.772. The van der Waals surface area contributed by atoms with Crippen LogP contribution in [0.5, 0.6) is 5.75 Å². The van der Waals surface area contributed by atoms with E-state index in [2.05, 4.69) is 4.72 Å². The number of ether oxygens (including phenoxy) is 1. The first kappa shape index (κ1) is 19.2. The predicted octanol–water partition coefficient (Wildman–Crippen LogP) is 3.10. The number of rotatable bonds is 5. The van der Waals surface area contributed by atoms with Crippen molar-refractivity contribution in [2.24, 2.45) is 0 Å². The molecule has 1 aliphatic heterocycles. The van der Waals surface area contributed by atoms with Crippen molar-refractivity contribution in [3.05, 3.63) is 53.1 Å². The number of aryl methyl sites for hydroxylation is 1. The molecule has 1 amide bonds. The zero-order chi connectivity index (χ0) is 19.6. The molecule has 2 aromatic carbocycles. The first-order chi connectivity index (χ1) is 12.8. The Kier molecular flexibility index (Phi) is 5.41. The molecule has 1 N–H and O–H groups in total. The molecule has 0 radical (unpaired) electrons. The molecule has 0 spiro atoms. The minimum Gasteiger partial charge on any atom is -0.492 e. The van der Waals surface area contributed by atoms with Gasteiger partial charge in [-0.3, -0.25) is 9.52 Å². The number of nitrogens with zero attached hydrogens (tertiary/aromatic N) is 1. The molecule has 144 valence electrons. The van der Waals surface area contributed by atoms with Gasteiger partial charge in [0, 0.05) is 25.7 Å². The SMILES string of the molecule is CCOc1ccc(C)cc1S(=O)(=O)Nc1ccc2c(c1)CN(C(C)=O)CC2. The number of anilines is 1. The second kappa shape index (κ2) is 7.60. The normalized spacial score (nSPS) is 13.8. The maximum Gasteiger partial charge on any atom is 0.265 e. The van der Waals surface area contributed by atoms with Crippen LogP contribution < -0.4 is 9.46 Å². The Morgan fingerprint density at radius 2 is 1.96 bits per heavy atom. The van der Waals surface area contributed by atoms with Crippen LogP contribution in [-0.2, 0) is 27.8 Å². The van der Waals surface area contributed by atoms with Crippen LogP contribution in [0.4, 0.5) is 5.69 Å². The summed E-state index contributed by atoms with van der Waals surface area (Å²) in [6.45, 7) is 6.76. The van der Waals surface area contributed by atoms with E-state index in [1.165, 1.54) is 0 Å². The highest BCUT2D eigenvalue weighted by Crippen LogP contribution is 2.29. The van der Waals surface area contributed by atoms with Crippen molar-refractivity contribution in [3.8, 4) is 5.75 Å². The molecule has 1 heterocycles. The number of benzene rings is 2. The van der Waals surface area contributed by atoms with Gasteiger partial charge in [0.25, 0.3) is 10.0 Å². The summed E-state index contributed by atoms with van der Waals surface area (Å²) in [6, 6.07) is 10.6. The van der Waals surface area contributed by atoms with E-state index in [1.54, 1.807) is 36.1 Å². The maximum absolute atomic E-state index is 12.9. The summed E-state index contributed by atoms with van der Waals surface area (Å²) in [5.74, 6) is 0.351. The monoisotopic (exact) mass is 388 g/mol. The molecule has 7 heteroatoms. The van der Waals surface area contributed by atoms with Crippen molar-refractivity contribution in [2.75, 3.05) is 17.9 Å². The van der Waals surface area contributed by atoms with Gasteiger partial charge in [0.05, 0.1) is 6.61 Å². The van der Waals surface area contributed by atoms with Crippen LogP contribution in [-0.4, -0.2) is 32.4 Å². The number of hydrogen-bond acceptors (Lipinski definition) is 4. The summed E-state index contributed by atoms with van der Waals surface area (Å²) >= 11 is 0. The molecule has 0 atom stereocenters. The first-order valence-electron chi connectivity index (χ1n) is 8.93. The lowest BCUT2D eigenvalue weighted by Gasteiger charge is -2.28. The Balaban J connectivity index is 1.90. The van der Waals surface area contributed by atoms with Gasteiger partial charge in [-0.1, -0.05) is 12.1 Å². The largest absolute Gasteiger partial charge is 0.492 e. The van der Waals surface area contributed by atoms with Crippen LogP contribution in [0.1, 0.15) is 30.5 Å². The van der Waals surface area contributed by atoms with Crippen molar-refractivity contribution in [2.45, 2.75) is 38.6 Å². The minimum absolute atomic E-state index is 0.0211. The molecule has 0 bridgehead atoms. The second-order valence-electron chi connectivity index (χ2n) is 6.66. The van der Waals surface area contributed by atoms with Gasteiger partial charge in [-0.25, -0.2) is 8.42 Å². The highest BCUT2D eigenvalue weighted by atomic mass is 32.2. The quantitative estimate of drug-likeness (QED) is 0.854. The Morgan fingerprint density at radius 3 is 2.67 bits per heavy atom. The molecule has 0 saturated heterocycles. The van der Waals surface area contributed by atoms with Gasteiger partial charge in [0.15, 0.2) is 0 Å². The molecular formula is C20H24N2O4S. The van der Waals surface area contributed by atoms with Crippen molar-refractivity contribution >= 4 is 21.6 Å². The van der Waals surface area contributed by atoms with Crippen LogP contribution in [0.2, 0.25) is 0 Å². The van der Waals surface area contributed by atoms with E-state index < -0.39 is 10.0 Å². The number of fused-ring (bicyclic) bond motifs is 1. The fourth-order valence-corrected chi connectivity index (χ4v) is 4.48. The number of hydrogen-bond donors (Lipinski definition) is 1. The smallest absolute Gasteiger partial charge is 0.265 e. The summed E-state index contributed by atoms with van der Waals surface area (Å²) in [5, 5.41) is 0. The van der Waals surface area contributed by atoms with Gasteiger partial charge < -0.3 is 9.64 Å². The number of amides is 1. The third-order valence-electron chi connectivity index (χ3n) is 4.60. The molecule has 2 aromatic rings. The van der Waals surface area contributed by atoms with Gasteiger partial charge in [-0.05, 0) is 61.2 Å². The van der Waals surface area contributed by atoms with Crippen LogP contribution in [0.15, 0.2) is 41.3 Å². The van der Waals surface area contributed by atoms with Gasteiger partial charge in [0.1, 0.15) is 10.6 Å². The summed E-state index contributed by atoms with van der Waals surface area (Å²) in [7, 11) is -3.80. The van der Waals surface area contributed by atoms with E-state index in [4.69, 9.17) is 4.74 Å². The van der Waals surface area contributed by atoms with Crippen LogP contribution in [0.3, 0.4) is 0 Å². The van der Waals surface area contributed by atoms with E-state index in [9.17, 15) is 13.2 Å². The highest BCUT2D eigenvalue weighted by Gasteiger charge is 2.22. The molecule has 3 rings (SSSR count). The van der Waals surface area contributed by atoms with E-state index in [1.807, 2.05) is 26.0 Å². The predicted molar refractivity (Wildman–Crippen MR) is 104 cm³/mol. The molecular weight excluding hydrogens is 364 g/mol. The maximum atomic E-state index is 12.9. The number of sulfonamides is 1. The van der Waals surface area contributed by atoms with E-state index >= 15 is 0 Å². The molecule has 27 heavy (non-hydrogen) atoms. The topological polar surface area (TPSA) is 75.7 Å². The third-order valence-corrected chi connectivity index (χ3v) is 6.01. The Bertz CT molecular complexity index is 970. The van der Waals surface area contributed by atoms with Crippen molar-refractivity contribution in [3.63, 3.8) is 0 Å². The van der Waals surface area contributed by atoms with Crippen molar-refractivity contribution in [1.29, 1.82) is 0 Å². The average Bonchev–Trinajstić information content (AvgIpc) is 2.62. The standard InChI is InChI=1S/C20H24N2O4S/c1-4-26-19-8-5-14(2)11-20(19)27(24,25)21-18-7-6-16-9-10-22(15(3)23)13-17(16)12-18/h5-8,11-12,21H,4,9-10,13H2,1-3H3. The highest BCUT2D eigenvalue weighted by molar-refractivity contribution is 7.92. The van der Waals surface area contributed by atoms with Crippen molar-refractivity contribution < 1.29 is 17.9 Å². The number of carbonyl (C=O) groups is 1. The van der Waals surface area contributed by atoms with Crippen LogP contribution in [0, 0.1) is 6.92 Å². The van der Waals surface area contributed by atoms with Gasteiger partial charge >= 0.3 is 0 Å². The molecule has 1 aliphatic rings.